The molecule has 1 atom stereocenters. The van der Waals surface area contributed by atoms with E-state index in [0.29, 0.717) is 7.11 Å². The molecule has 1 radical (unpaired) electrons. The minimum atomic E-state index is -5.90. The van der Waals surface area contributed by atoms with Crippen LogP contribution in [0.4, 0.5) is 26.3 Å². The Morgan fingerprint density at radius 3 is 1.43 bits per heavy atom. The van der Waals surface area contributed by atoms with E-state index in [4.69, 9.17) is 5.11 Å². The van der Waals surface area contributed by atoms with Crippen molar-refractivity contribution in [2.45, 2.75) is 24.1 Å². The average molecular weight is 225 g/mol. The lowest BCUT2D eigenvalue weighted by Gasteiger charge is -2.35. The molecule has 0 amide bonds. The summed E-state index contributed by atoms with van der Waals surface area (Å²) in [5, 5.41) is 8.52. The second kappa shape index (κ2) is 3.58. The fourth-order valence-electron chi connectivity index (χ4n) is 0.696. The van der Waals surface area contributed by atoms with Crippen molar-refractivity contribution in [3.8, 4) is 0 Å². The van der Waals surface area contributed by atoms with Crippen molar-refractivity contribution in [3.63, 3.8) is 0 Å². The molecule has 0 aliphatic carbocycles. The van der Waals surface area contributed by atoms with Gasteiger partial charge in [0.25, 0.3) is 5.60 Å². The van der Waals surface area contributed by atoms with Crippen LogP contribution in [0, 0.1) is 6.92 Å². The molecular formula is C6H7F6O2. The Bertz CT molecular complexity index is 181. The fraction of sp³-hybridized carbons (Fsp3) is 0.833. The van der Waals surface area contributed by atoms with Crippen LogP contribution >= 0.6 is 0 Å². The maximum atomic E-state index is 11.9. The minimum absolute atomic E-state index is 0.583. The zero-order valence-electron chi connectivity index (χ0n) is 6.91. The van der Waals surface area contributed by atoms with Crippen LogP contribution in [0.15, 0.2) is 0 Å². The molecule has 1 unspecified atom stereocenters. The van der Waals surface area contributed by atoms with Crippen LogP contribution in [0.2, 0.25) is 0 Å². The monoisotopic (exact) mass is 225 g/mol. The normalized spacial score (nSPS) is 16.9. The van der Waals surface area contributed by atoms with Crippen LogP contribution in [0.1, 0.15) is 0 Å². The molecular weight excluding hydrogens is 218 g/mol. The summed E-state index contributed by atoms with van der Waals surface area (Å²) < 4.78 is 75.5. The van der Waals surface area contributed by atoms with Gasteiger partial charge < -0.3 is 9.84 Å². The summed E-state index contributed by atoms with van der Waals surface area (Å²) in [6, 6.07) is 0. The van der Waals surface area contributed by atoms with Gasteiger partial charge in [-0.3, -0.25) is 0 Å². The van der Waals surface area contributed by atoms with Crippen molar-refractivity contribution < 1.29 is 36.2 Å². The van der Waals surface area contributed by atoms with Gasteiger partial charge in [0, 0.05) is 7.11 Å². The third-order valence-electron chi connectivity index (χ3n) is 1.61. The van der Waals surface area contributed by atoms with Crippen molar-refractivity contribution in [1.82, 2.24) is 0 Å². The number of ether oxygens (including phenoxy) is 1. The number of rotatable bonds is 2. The lowest BCUT2D eigenvalue weighted by molar-refractivity contribution is -0.387. The average Bonchev–Trinajstić information content (AvgIpc) is 1.97. The molecule has 0 aromatic rings. The number of aliphatic hydroxyl groups is 1. The lowest BCUT2D eigenvalue weighted by atomic mass is 9.96. The largest absolute Gasteiger partial charge is 0.428 e. The Morgan fingerprint density at radius 1 is 1.07 bits per heavy atom. The number of halogens is 6. The van der Waals surface area contributed by atoms with E-state index in [1.54, 1.807) is 0 Å². The maximum Gasteiger partial charge on any atom is 0.428 e. The minimum Gasteiger partial charge on any atom is -0.378 e. The summed E-state index contributed by atoms with van der Waals surface area (Å²) in [4.78, 5) is 0. The zero-order valence-corrected chi connectivity index (χ0v) is 6.91. The lowest BCUT2D eigenvalue weighted by Crippen LogP contribution is -2.63. The van der Waals surface area contributed by atoms with Gasteiger partial charge in [-0.1, -0.05) is 0 Å². The molecule has 1 N–H and O–H groups in total. The van der Waals surface area contributed by atoms with E-state index in [2.05, 4.69) is 11.7 Å². The van der Waals surface area contributed by atoms with E-state index in [0.717, 1.165) is 0 Å². The Balaban J connectivity index is 5.29. The highest BCUT2D eigenvalue weighted by atomic mass is 19.4. The van der Waals surface area contributed by atoms with Gasteiger partial charge in [-0.2, -0.15) is 26.3 Å². The van der Waals surface area contributed by atoms with Crippen LogP contribution in [0.5, 0.6) is 0 Å². The van der Waals surface area contributed by atoms with Crippen LogP contribution in [-0.4, -0.2) is 36.3 Å². The van der Waals surface area contributed by atoms with Gasteiger partial charge in [0.2, 0.25) is 0 Å². The number of alkyl halides is 6. The SMILES string of the molecule is [CH2]C(OC)C(O)(C(F)(F)F)C(F)(F)F. The number of hydrogen-bond donors (Lipinski definition) is 1. The molecule has 0 aromatic heterocycles. The maximum absolute atomic E-state index is 11.9. The van der Waals surface area contributed by atoms with Crippen LogP contribution in [0.25, 0.3) is 0 Å². The first-order valence-electron chi connectivity index (χ1n) is 3.20. The van der Waals surface area contributed by atoms with Gasteiger partial charge in [0.05, 0.1) is 0 Å². The predicted octanol–water partition coefficient (Wildman–Crippen LogP) is 1.69. The van der Waals surface area contributed by atoms with Crippen LogP contribution in [-0.2, 0) is 4.74 Å². The molecule has 2 nitrogen and oxygen atoms in total. The summed E-state index contributed by atoms with van der Waals surface area (Å²) in [5.74, 6) is 0. The summed E-state index contributed by atoms with van der Waals surface area (Å²) in [6.07, 6.45) is -14.5. The highest BCUT2D eigenvalue weighted by Gasteiger charge is 2.73. The Hall–Kier alpha value is -0.500. The topological polar surface area (TPSA) is 29.5 Å². The van der Waals surface area contributed by atoms with Crippen molar-refractivity contribution >= 4 is 0 Å². The molecule has 0 saturated carbocycles. The molecule has 0 bridgehead atoms. The second-order valence-corrected chi connectivity index (χ2v) is 2.49. The van der Waals surface area contributed by atoms with Crippen molar-refractivity contribution in [3.05, 3.63) is 6.92 Å². The van der Waals surface area contributed by atoms with E-state index >= 15 is 0 Å². The van der Waals surface area contributed by atoms with E-state index in [-0.39, 0.29) is 0 Å². The van der Waals surface area contributed by atoms with Crippen molar-refractivity contribution in [1.29, 1.82) is 0 Å². The number of methoxy groups -OCH3 is 1. The third-order valence-corrected chi connectivity index (χ3v) is 1.61. The molecule has 14 heavy (non-hydrogen) atoms. The van der Waals surface area contributed by atoms with Crippen LogP contribution in [0.3, 0.4) is 0 Å². The zero-order chi connectivity index (χ0) is 11.8. The molecule has 0 saturated heterocycles. The standard InChI is InChI=1S/C6H7F6O2/c1-3(14-2)4(13,5(7,8)9)6(10,11)12/h3,13H,1H2,2H3. The van der Waals surface area contributed by atoms with Gasteiger partial charge in [-0.15, -0.1) is 0 Å². The summed E-state index contributed by atoms with van der Waals surface area (Å²) >= 11 is 0. The molecule has 8 heteroatoms. The number of hydrogen-bond acceptors (Lipinski definition) is 2. The van der Waals surface area contributed by atoms with E-state index in [1.807, 2.05) is 0 Å². The third kappa shape index (κ3) is 1.95. The highest BCUT2D eigenvalue weighted by molar-refractivity contribution is 5.01. The second-order valence-electron chi connectivity index (χ2n) is 2.49. The Morgan fingerprint density at radius 2 is 1.36 bits per heavy atom. The van der Waals surface area contributed by atoms with E-state index < -0.39 is 24.1 Å². The molecule has 0 aliphatic heterocycles. The van der Waals surface area contributed by atoms with Gasteiger partial charge >= 0.3 is 12.4 Å². The molecule has 0 aliphatic rings. The molecule has 85 valence electrons. The fourth-order valence-corrected chi connectivity index (χ4v) is 0.696. The highest BCUT2D eigenvalue weighted by Crippen LogP contribution is 2.45. The first-order chi connectivity index (χ1) is 5.98. The van der Waals surface area contributed by atoms with Crippen molar-refractivity contribution in [2.75, 3.05) is 7.11 Å². The smallest absolute Gasteiger partial charge is 0.378 e. The van der Waals surface area contributed by atoms with E-state index in [1.165, 1.54) is 0 Å². The quantitative estimate of drug-likeness (QED) is 0.724. The van der Waals surface area contributed by atoms with Gasteiger partial charge in [0.15, 0.2) is 0 Å². The summed E-state index contributed by atoms with van der Waals surface area (Å²) in [6.45, 7) is 2.45. The van der Waals surface area contributed by atoms with Crippen LogP contribution < -0.4 is 0 Å². The first kappa shape index (κ1) is 13.5. The summed E-state index contributed by atoms with van der Waals surface area (Å²) in [7, 11) is 0.583. The first-order valence-corrected chi connectivity index (χ1v) is 3.20. The molecule has 0 fully saturated rings. The van der Waals surface area contributed by atoms with Crippen molar-refractivity contribution in [2.24, 2.45) is 0 Å². The molecule has 0 aromatic carbocycles. The molecule has 0 rings (SSSR count). The summed E-state index contributed by atoms with van der Waals surface area (Å²) in [5.41, 5.74) is -4.95. The Labute approximate surface area is 75.5 Å². The van der Waals surface area contributed by atoms with Gasteiger partial charge in [-0.25, -0.2) is 0 Å². The molecule has 0 heterocycles. The van der Waals surface area contributed by atoms with Gasteiger partial charge in [0.1, 0.15) is 6.10 Å². The molecule has 0 spiro atoms. The Kier molecular flexibility index (Phi) is 3.45. The predicted molar refractivity (Wildman–Crippen MR) is 33.2 cm³/mol. The van der Waals surface area contributed by atoms with Gasteiger partial charge in [-0.05, 0) is 6.92 Å². The van der Waals surface area contributed by atoms with E-state index in [9.17, 15) is 26.3 Å².